The summed E-state index contributed by atoms with van der Waals surface area (Å²) in [5.41, 5.74) is 10.8. The Morgan fingerprint density at radius 2 is 1.73 bits per heavy atom. The average molecular weight is 661 g/mol. The Kier molecular flexibility index (Phi) is 8.45. The van der Waals surface area contributed by atoms with Gasteiger partial charge in [-0.2, -0.15) is 5.26 Å². The Balaban J connectivity index is 1.13. The quantitative estimate of drug-likeness (QED) is 0.164. The number of nitriles is 1. The van der Waals surface area contributed by atoms with Crippen LogP contribution in [-0.4, -0.2) is 79.9 Å². The van der Waals surface area contributed by atoms with Crippen LogP contribution in [0.15, 0.2) is 79.4 Å². The Hall–Kier alpha value is -6.15. The van der Waals surface area contributed by atoms with Crippen molar-refractivity contribution in [2.45, 2.75) is 31.7 Å². The van der Waals surface area contributed by atoms with E-state index in [2.05, 4.69) is 52.0 Å². The van der Waals surface area contributed by atoms with Gasteiger partial charge in [-0.05, 0) is 54.8 Å². The number of rotatable bonds is 9. The number of piperidine rings is 1. The summed E-state index contributed by atoms with van der Waals surface area (Å²) in [7, 11) is 0. The van der Waals surface area contributed by atoms with Gasteiger partial charge in [0.05, 0.1) is 5.69 Å². The maximum absolute atomic E-state index is 13.1. The van der Waals surface area contributed by atoms with Gasteiger partial charge in [-0.15, -0.1) is 4.39 Å². The summed E-state index contributed by atoms with van der Waals surface area (Å²) in [6, 6.07) is 18.6. The molecule has 0 saturated carbocycles. The van der Waals surface area contributed by atoms with Gasteiger partial charge < -0.3 is 26.0 Å². The number of nitrogen functional groups attached to an aromatic ring is 1. The second-order valence-electron chi connectivity index (χ2n) is 11.4. The van der Waals surface area contributed by atoms with Gasteiger partial charge in [0.15, 0.2) is 17.3 Å². The number of likely N-dealkylation sites (tertiary alicyclic amines) is 1. The third kappa shape index (κ3) is 7.09. The summed E-state index contributed by atoms with van der Waals surface area (Å²) in [6.45, 7) is 2.58. The number of hydrogen-bond acceptors (Lipinski definition) is 14. The maximum Gasteiger partial charge on any atom is 0.493 e. The van der Waals surface area contributed by atoms with E-state index in [-0.39, 0.29) is 23.6 Å². The van der Waals surface area contributed by atoms with Crippen LogP contribution in [0.25, 0.3) is 39.6 Å². The fourth-order valence-electron chi connectivity index (χ4n) is 5.71. The Morgan fingerprint density at radius 1 is 0.939 bits per heavy atom. The number of benzene rings is 1. The molecule has 246 valence electrons. The van der Waals surface area contributed by atoms with E-state index < -0.39 is 6.23 Å². The summed E-state index contributed by atoms with van der Waals surface area (Å²) in [5.74, 6) is 1.17. The minimum Gasteiger partial charge on any atom is -0.395 e. The fraction of sp³-hybridized carbons (Fsp3) is 0.212. The molecule has 16 heteroatoms. The lowest BCUT2D eigenvalue weighted by Crippen LogP contribution is -2.38. The highest BCUT2D eigenvalue weighted by Crippen LogP contribution is 2.31. The predicted octanol–water partition coefficient (Wildman–Crippen LogP) is 3.20. The van der Waals surface area contributed by atoms with E-state index in [1.807, 2.05) is 28.8 Å². The second-order valence-corrected chi connectivity index (χ2v) is 11.4. The molecule has 5 N–H and O–H groups in total. The van der Waals surface area contributed by atoms with Crippen LogP contribution in [0, 0.1) is 11.3 Å². The Bertz CT molecular complexity index is 2140. The van der Waals surface area contributed by atoms with E-state index in [0.29, 0.717) is 39.8 Å². The number of pyridine rings is 2. The Labute approximate surface area is 278 Å². The molecule has 7 rings (SSSR count). The minimum atomic E-state index is -3.84. The van der Waals surface area contributed by atoms with Crippen LogP contribution in [0.3, 0.4) is 0 Å². The van der Waals surface area contributed by atoms with Crippen molar-refractivity contribution in [2.24, 2.45) is 0 Å². The van der Waals surface area contributed by atoms with Crippen LogP contribution < -0.4 is 15.8 Å². The maximum atomic E-state index is 13.1. The highest BCUT2D eigenvalue weighted by Gasteiger charge is 2.25. The molecular formula is C33H29FN12O3. The molecule has 15 nitrogen and oxygen atoms in total. The zero-order valence-electron chi connectivity index (χ0n) is 25.8. The molecule has 1 fully saturated rings. The minimum absolute atomic E-state index is 0.149. The molecule has 49 heavy (non-hydrogen) atoms. The van der Waals surface area contributed by atoms with Gasteiger partial charge in [-0.1, -0.05) is 12.1 Å². The third-order valence-corrected chi connectivity index (χ3v) is 8.01. The molecular weight excluding hydrogens is 631 g/mol. The van der Waals surface area contributed by atoms with Crippen molar-refractivity contribution in [2.75, 3.05) is 24.1 Å². The molecule has 1 saturated heterocycles. The van der Waals surface area contributed by atoms with Gasteiger partial charge in [0, 0.05) is 67.8 Å². The monoisotopic (exact) mass is 660 g/mol. The molecule has 0 atom stereocenters. The number of halogens is 1. The van der Waals surface area contributed by atoms with Crippen LogP contribution in [0.2, 0.25) is 0 Å². The van der Waals surface area contributed by atoms with E-state index >= 15 is 0 Å². The number of aliphatic hydroxyl groups is 2. The molecule has 5 aromatic heterocycles. The van der Waals surface area contributed by atoms with Gasteiger partial charge in [0.2, 0.25) is 11.7 Å². The Morgan fingerprint density at radius 3 is 2.45 bits per heavy atom. The van der Waals surface area contributed by atoms with Crippen molar-refractivity contribution in [1.82, 2.24) is 44.4 Å². The number of ether oxygens (including phenoxy) is 1. The molecule has 0 spiro atoms. The van der Waals surface area contributed by atoms with Gasteiger partial charge in [-0.25, -0.2) is 34.9 Å². The number of aromatic nitrogens is 8. The van der Waals surface area contributed by atoms with Crippen molar-refractivity contribution >= 4 is 22.8 Å². The van der Waals surface area contributed by atoms with Gasteiger partial charge in [0.25, 0.3) is 0 Å². The number of nitrogens with zero attached hydrogens (tertiary/aromatic N) is 10. The fourth-order valence-corrected chi connectivity index (χ4v) is 5.71. The van der Waals surface area contributed by atoms with Crippen molar-refractivity contribution in [3.63, 3.8) is 0 Å². The number of alkyl halides is 1. The van der Waals surface area contributed by atoms with Gasteiger partial charge in [0.1, 0.15) is 23.1 Å². The smallest absolute Gasteiger partial charge is 0.395 e. The van der Waals surface area contributed by atoms with E-state index in [9.17, 15) is 4.39 Å². The largest absolute Gasteiger partial charge is 0.493 e. The molecule has 0 aliphatic carbocycles. The molecule has 1 aliphatic heterocycles. The first-order valence-electron chi connectivity index (χ1n) is 15.3. The zero-order chi connectivity index (χ0) is 34.0. The van der Waals surface area contributed by atoms with Crippen LogP contribution in [0.4, 0.5) is 16.0 Å². The topological polar surface area (TPSA) is 210 Å². The molecule has 0 radical (unpaired) electrons. The lowest BCUT2D eigenvalue weighted by atomic mass is 10.0. The lowest BCUT2D eigenvalue weighted by molar-refractivity contribution is -0.376. The average Bonchev–Trinajstić information content (AvgIpc) is 3.48. The van der Waals surface area contributed by atoms with E-state index in [1.54, 1.807) is 30.6 Å². The van der Waals surface area contributed by atoms with E-state index in [1.165, 1.54) is 18.5 Å². The van der Waals surface area contributed by atoms with Gasteiger partial charge >= 0.3 is 6.23 Å². The number of nitrogens with two attached hydrogens (primary N) is 1. The van der Waals surface area contributed by atoms with Crippen molar-refractivity contribution in [1.29, 1.82) is 5.26 Å². The molecule has 6 aromatic rings. The highest BCUT2D eigenvalue weighted by atomic mass is 19.2. The summed E-state index contributed by atoms with van der Waals surface area (Å²) < 4.78 is 19.3. The van der Waals surface area contributed by atoms with Crippen LogP contribution in [0.1, 0.15) is 24.2 Å². The number of nitrogens with one attached hydrogen (secondary N) is 1. The first-order valence-corrected chi connectivity index (χ1v) is 15.3. The summed E-state index contributed by atoms with van der Waals surface area (Å²) in [6.07, 6.45) is 4.06. The summed E-state index contributed by atoms with van der Waals surface area (Å²) in [4.78, 5) is 32.9. The summed E-state index contributed by atoms with van der Waals surface area (Å²) in [5, 5.41) is 30.2. The predicted molar refractivity (Wildman–Crippen MR) is 175 cm³/mol. The molecule has 1 aromatic carbocycles. The first kappa shape index (κ1) is 31.4. The second kappa shape index (κ2) is 13.2. The highest BCUT2D eigenvalue weighted by molar-refractivity contribution is 5.83. The van der Waals surface area contributed by atoms with Crippen LogP contribution in [-0.2, 0) is 6.54 Å². The number of hydrogen-bond donors (Lipinski definition) is 4. The normalized spacial score (nSPS) is 14.1. The van der Waals surface area contributed by atoms with Crippen LogP contribution in [0.5, 0.6) is 5.88 Å². The van der Waals surface area contributed by atoms with Crippen LogP contribution >= 0.6 is 0 Å². The first-order chi connectivity index (χ1) is 23.7. The zero-order valence-corrected chi connectivity index (χ0v) is 25.8. The molecule has 0 bridgehead atoms. The standard InChI is InChI=1S/C33H29FN12O3/c34-33(47,48)49-28-8-3-21(18-40-28)24-6-7-25-31(42-24)46(32(43-25)29-30(36)39-14-13-38-29)23-4-1-20(2-5-23)19-45-15-10-22(11-16-45)41-26-9-12-37-27(17-35)44-26/h1-9,12-14,18,22,47-48H,10-11,15-16,19H2,(H2,36,39)(H,37,41,44). The van der Waals surface area contributed by atoms with Crippen molar-refractivity contribution in [3.05, 3.63) is 90.8 Å². The lowest BCUT2D eigenvalue weighted by Gasteiger charge is -2.32. The van der Waals surface area contributed by atoms with Crippen molar-refractivity contribution in [3.8, 4) is 40.4 Å². The van der Waals surface area contributed by atoms with Gasteiger partial charge in [-0.3, -0.25) is 9.47 Å². The molecule has 6 heterocycles. The van der Waals surface area contributed by atoms with Crippen molar-refractivity contribution < 1.29 is 19.3 Å². The molecule has 0 unspecified atom stereocenters. The summed E-state index contributed by atoms with van der Waals surface area (Å²) >= 11 is 0. The third-order valence-electron chi connectivity index (χ3n) is 8.01. The number of imidazole rings is 1. The molecule has 0 amide bonds. The number of anilines is 2. The molecule has 1 aliphatic rings. The van der Waals surface area contributed by atoms with E-state index in [0.717, 1.165) is 43.7 Å². The SMILES string of the molecule is N#Cc1nccc(NC2CCN(Cc3ccc(-n4c(-c5nccnc5N)nc5ccc(-c6ccc(OC(O)(O)F)nc6)nc54)cc3)CC2)n1. The van der Waals surface area contributed by atoms with E-state index in [4.69, 9.17) is 31.2 Å². The number of fused-ring (bicyclic) bond motifs is 1.